The molecule has 0 bridgehead atoms. The number of hydrogen-bond donors (Lipinski definition) is 2. The second-order valence-electron chi connectivity index (χ2n) is 5.10. The van der Waals surface area contributed by atoms with Crippen LogP contribution < -0.4 is 10.6 Å². The lowest BCUT2D eigenvalue weighted by molar-refractivity contribution is 1.10. The van der Waals surface area contributed by atoms with E-state index in [2.05, 4.69) is 59.2 Å². The van der Waals surface area contributed by atoms with Gasteiger partial charge in [0.25, 0.3) is 0 Å². The molecule has 3 aromatic rings. The Kier molecular flexibility index (Phi) is 4.59. The maximum atomic E-state index is 3.43. The number of benzene rings is 2. The van der Waals surface area contributed by atoms with Crippen molar-refractivity contribution in [2.45, 2.75) is 13.1 Å². The molecule has 0 atom stereocenters. The zero-order chi connectivity index (χ0) is 15.0. The third-order valence-electron chi connectivity index (χ3n) is 3.39. The van der Waals surface area contributed by atoms with Gasteiger partial charge >= 0.3 is 0 Å². The van der Waals surface area contributed by atoms with Crippen LogP contribution in [0.2, 0.25) is 0 Å². The SMILES string of the molecule is c1cccc(NCc2cccc(CNc3ccccc3)c2)c#1. The quantitative estimate of drug-likeness (QED) is 0.696. The van der Waals surface area contributed by atoms with Crippen molar-refractivity contribution in [2.75, 3.05) is 10.6 Å². The van der Waals surface area contributed by atoms with Gasteiger partial charge in [0.05, 0.1) is 5.69 Å². The first-order chi connectivity index (χ1) is 10.9. The lowest BCUT2D eigenvalue weighted by Gasteiger charge is -2.09. The standard InChI is InChI=1S/C20H18N2/c1-3-10-19(11-4-1)21-15-17-8-7-9-18(14-17)16-22-20-12-5-2-6-13-20/h1-5,7-12,14,21-22H,15-16H2. The van der Waals surface area contributed by atoms with E-state index in [1.807, 2.05) is 36.4 Å². The monoisotopic (exact) mass is 286 g/mol. The van der Waals surface area contributed by atoms with Gasteiger partial charge in [-0.3, -0.25) is 0 Å². The van der Waals surface area contributed by atoms with Crippen LogP contribution in [0.4, 0.5) is 11.4 Å². The van der Waals surface area contributed by atoms with Crippen LogP contribution in [-0.4, -0.2) is 0 Å². The lowest BCUT2D eigenvalue weighted by Crippen LogP contribution is -2.02. The Morgan fingerprint density at radius 3 is 2.23 bits per heavy atom. The van der Waals surface area contributed by atoms with Crippen molar-refractivity contribution in [2.24, 2.45) is 0 Å². The number of nitrogens with one attached hydrogen (secondary N) is 2. The molecule has 0 aliphatic carbocycles. The van der Waals surface area contributed by atoms with Crippen molar-refractivity contribution in [3.8, 4) is 0 Å². The van der Waals surface area contributed by atoms with E-state index < -0.39 is 0 Å². The largest absolute Gasteiger partial charge is 0.381 e. The summed E-state index contributed by atoms with van der Waals surface area (Å²) in [6.45, 7) is 1.61. The van der Waals surface area contributed by atoms with Crippen molar-refractivity contribution in [3.05, 3.63) is 96.1 Å². The molecular weight excluding hydrogens is 268 g/mol. The van der Waals surface area contributed by atoms with Gasteiger partial charge in [-0.2, -0.15) is 0 Å². The molecule has 3 rings (SSSR count). The minimum atomic E-state index is 0.785. The van der Waals surface area contributed by atoms with Crippen molar-refractivity contribution in [1.82, 2.24) is 0 Å². The maximum absolute atomic E-state index is 3.43. The fraction of sp³-hybridized carbons (Fsp3) is 0.100. The van der Waals surface area contributed by atoms with Gasteiger partial charge in [0.2, 0.25) is 0 Å². The molecule has 2 heteroatoms. The van der Waals surface area contributed by atoms with E-state index in [-0.39, 0.29) is 0 Å². The summed E-state index contributed by atoms with van der Waals surface area (Å²) < 4.78 is 0. The molecule has 0 amide bonds. The van der Waals surface area contributed by atoms with E-state index in [4.69, 9.17) is 0 Å². The Bertz CT molecular complexity index is 634. The predicted molar refractivity (Wildman–Crippen MR) is 91.7 cm³/mol. The molecule has 0 aromatic heterocycles. The fourth-order valence-corrected chi connectivity index (χ4v) is 2.26. The zero-order valence-corrected chi connectivity index (χ0v) is 12.3. The van der Waals surface area contributed by atoms with E-state index in [0.717, 1.165) is 24.5 Å². The minimum absolute atomic E-state index is 0.785. The summed E-state index contributed by atoms with van der Waals surface area (Å²) in [5.74, 6) is 0. The number of hydrogen-bond acceptors (Lipinski definition) is 2. The second kappa shape index (κ2) is 7.19. The Morgan fingerprint density at radius 1 is 0.727 bits per heavy atom. The summed E-state index contributed by atoms with van der Waals surface area (Å²) in [5.41, 5.74) is 4.63. The average molecular weight is 286 g/mol. The van der Waals surface area contributed by atoms with Gasteiger partial charge in [0, 0.05) is 18.8 Å². The van der Waals surface area contributed by atoms with E-state index >= 15 is 0 Å². The molecule has 0 unspecified atom stereocenters. The molecule has 3 aromatic carbocycles. The van der Waals surface area contributed by atoms with Crippen molar-refractivity contribution < 1.29 is 0 Å². The molecule has 0 saturated carbocycles. The molecule has 108 valence electrons. The zero-order valence-electron chi connectivity index (χ0n) is 12.3. The van der Waals surface area contributed by atoms with Gasteiger partial charge < -0.3 is 10.6 Å². The first-order valence-electron chi connectivity index (χ1n) is 7.39. The molecule has 0 saturated heterocycles. The average Bonchev–Trinajstić information content (AvgIpc) is 2.60. The highest BCUT2D eigenvalue weighted by Crippen LogP contribution is 2.11. The minimum Gasteiger partial charge on any atom is -0.381 e. The smallest absolute Gasteiger partial charge is 0.0859 e. The van der Waals surface area contributed by atoms with Gasteiger partial charge in [-0.1, -0.05) is 54.6 Å². The fourth-order valence-electron chi connectivity index (χ4n) is 2.26. The number of anilines is 2. The first-order valence-corrected chi connectivity index (χ1v) is 7.39. The van der Waals surface area contributed by atoms with Crippen molar-refractivity contribution >= 4 is 11.4 Å². The summed E-state index contributed by atoms with van der Waals surface area (Å²) in [6, 6.07) is 30.6. The highest BCUT2D eigenvalue weighted by atomic mass is 14.9. The normalized spacial score (nSPS) is 9.82. The molecule has 0 spiro atoms. The third-order valence-corrected chi connectivity index (χ3v) is 3.39. The van der Waals surface area contributed by atoms with Gasteiger partial charge in [-0.25, -0.2) is 0 Å². The molecule has 0 radical (unpaired) electrons. The van der Waals surface area contributed by atoms with Crippen LogP contribution in [0.1, 0.15) is 11.1 Å². The summed E-state index contributed by atoms with van der Waals surface area (Å²) >= 11 is 0. The van der Waals surface area contributed by atoms with E-state index in [1.165, 1.54) is 11.1 Å². The Morgan fingerprint density at radius 2 is 1.50 bits per heavy atom. The van der Waals surface area contributed by atoms with Crippen molar-refractivity contribution in [1.29, 1.82) is 0 Å². The predicted octanol–water partition coefficient (Wildman–Crippen LogP) is 4.51. The van der Waals surface area contributed by atoms with E-state index in [0.29, 0.717) is 0 Å². The van der Waals surface area contributed by atoms with Crippen LogP contribution in [0.25, 0.3) is 0 Å². The van der Waals surface area contributed by atoms with Crippen LogP contribution in [0.15, 0.2) is 72.8 Å². The van der Waals surface area contributed by atoms with Gasteiger partial charge in [-0.15, -0.1) is 0 Å². The van der Waals surface area contributed by atoms with E-state index in [9.17, 15) is 0 Å². The Hall–Kier alpha value is -2.92. The molecule has 0 aliphatic heterocycles. The number of para-hydroxylation sites is 1. The van der Waals surface area contributed by atoms with Gasteiger partial charge in [-0.05, 0) is 41.5 Å². The first kappa shape index (κ1) is 14.0. The summed E-state index contributed by atoms with van der Waals surface area (Å²) in [7, 11) is 0. The molecular formula is C20H18N2. The number of rotatable bonds is 6. The molecule has 0 heterocycles. The van der Waals surface area contributed by atoms with Gasteiger partial charge in [0.1, 0.15) is 0 Å². The lowest BCUT2D eigenvalue weighted by atomic mass is 10.1. The second-order valence-corrected chi connectivity index (χ2v) is 5.10. The Labute approximate surface area is 131 Å². The van der Waals surface area contributed by atoms with Crippen LogP contribution in [0, 0.1) is 12.1 Å². The topological polar surface area (TPSA) is 24.1 Å². The van der Waals surface area contributed by atoms with Gasteiger partial charge in [0.15, 0.2) is 0 Å². The highest BCUT2D eigenvalue weighted by Gasteiger charge is 1.97. The molecule has 22 heavy (non-hydrogen) atoms. The van der Waals surface area contributed by atoms with Crippen LogP contribution >= 0.6 is 0 Å². The highest BCUT2D eigenvalue weighted by molar-refractivity contribution is 5.44. The molecule has 2 N–H and O–H groups in total. The summed E-state index contributed by atoms with van der Waals surface area (Å²) in [6.07, 6.45) is 0. The molecule has 2 nitrogen and oxygen atoms in total. The Balaban J connectivity index is 1.58. The summed E-state index contributed by atoms with van der Waals surface area (Å²) in [5, 5.41) is 6.79. The maximum Gasteiger partial charge on any atom is 0.0859 e. The van der Waals surface area contributed by atoms with Crippen LogP contribution in [0.3, 0.4) is 0 Å². The molecule has 0 fully saturated rings. The van der Waals surface area contributed by atoms with Crippen LogP contribution in [0.5, 0.6) is 0 Å². The summed E-state index contributed by atoms with van der Waals surface area (Å²) in [4.78, 5) is 0. The van der Waals surface area contributed by atoms with E-state index in [1.54, 1.807) is 0 Å². The molecule has 0 aliphatic rings. The van der Waals surface area contributed by atoms with Crippen molar-refractivity contribution in [3.63, 3.8) is 0 Å². The van der Waals surface area contributed by atoms with Crippen LogP contribution in [-0.2, 0) is 13.1 Å². The third kappa shape index (κ3) is 4.04.